The summed E-state index contributed by atoms with van der Waals surface area (Å²) >= 11 is 0. The highest BCUT2D eigenvalue weighted by atomic mass is 19.1. The molecule has 6 heteroatoms. The molecule has 27 heavy (non-hydrogen) atoms. The molecule has 1 fully saturated rings. The highest BCUT2D eigenvalue weighted by molar-refractivity contribution is 5.78. The summed E-state index contributed by atoms with van der Waals surface area (Å²) in [6.45, 7) is 0.478. The van der Waals surface area contributed by atoms with Gasteiger partial charge in [0, 0.05) is 6.20 Å². The van der Waals surface area contributed by atoms with Gasteiger partial charge < -0.3 is 15.8 Å². The van der Waals surface area contributed by atoms with E-state index in [0.717, 1.165) is 31.4 Å². The fourth-order valence-electron chi connectivity index (χ4n) is 3.67. The number of nitrogens with two attached hydrogens (primary N) is 1. The zero-order valence-electron chi connectivity index (χ0n) is 15.3. The Morgan fingerprint density at radius 2 is 1.93 bits per heavy atom. The maximum atomic E-state index is 13.7. The van der Waals surface area contributed by atoms with Gasteiger partial charge in [-0.3, -0.25) is 9.78 Å². The number of halogens is 1. The van der Waals surface area contributed by atoms with Gasteiger partial charge in [0.05, 0.1) is 11.7 Å². The average Bonchev–Trinajstić information content (AvgIpc) is 2.72. The van der Waals surface area contributed by atoms with Crippen LogP contribution in [0.1, 0.15) is 37.4 Å². The van der Waals surface area contributed by atoms with E-state index in [1.54, 1.807) is 18.3 Å². The Labute approximate surface area is 159 Å². The lowest BCUT2D eigenvalue weighted by molar-refractivity contribution is -0.124. The molecule has 144 valence electrons. The van der Waals surface area contributed by atoms with Gasteiger partial charge in [-0.25, -0.2) is 4.39 Å². The van der Waals surface area contributed by atoms with Crippen LogP contribution in [0.5, 0.6) is 5.75 Å². The first-order valence-corrected chi connectivity index (χ1v) is 9.45. The largest absolute Gasteiger partial charge is 0.481 e. The van der Waals surface area contributed by atoms with Crippen LogP contribution in [-0.2, 0) is 4.79 Å². The van der Waals surface area contributed by atoms with E-state index >= 15 is 0 Å². The number of benzene rings is 1. The van der Waals surface area contributed by atoms with E-state index in [0.29, 0.717) is 18.4 Å². The van der Waals surface area contributed by atoms with E-state index < -0.39 is 5.82 Å². The zero-order valence-corrected chi connectivity index (χ0v) is 15.3. The van der Waals surface area contributed by atoms with E-state index in [9.17, 15) is 9.18 Å². The van der Waals surface area contributed by atoms with Gasteiger partial charge in [-0.1, -0.05) is 18.2 Å². The van der Waals surface area contributed by atoms with Crippen LogP contribution in [0, 0.1) is 17.7 Å². The third kappa shape index (κ3) is 5.26. The number of carbonyl (C=O) groups is 1. The number of nitrogens with one attached hydrogen (secondary N) is 1. The Bertz CT molecular complexity index is 733. The van der Waals surface area contributed by atoms with Crippen molar-refractivity contribution >= 4 is 5.91 Å². The molecule has 0 bridgehead atoms. The number of hydrogen-bond donors (Lipinski definition) is 2. The van der Waals surface area contributed by atoms with Crippen LogP contribution in [0.25, 0.3) is 0 Å². The molecule has 1 atom stereocenters. The summed E-state index contributed by atoms with van der Waals surface area (Å²) in [4.78, 5) is 16.9. The van der Waals surface area contributed by atoms with E-state index in [2.05, 4.69) is 10.3 Å². The molecule has 0 unspecified atom stereocenters. The standard InChI is InChI=1S/C21H26FN3O2/c22-17-5-1-2-7-19(17)27-14-20(26)25-21(18-6-3-4-12-24-18)16-10-8-15(13-23)9-11-16/h1-7,12,15-16,21H,8-11,13-14,23H2,(H,25,26)/t15?,16?,21-/m1/s1. The van der Waals surface area contributed by atoms with Gasteiger partial charge in [-0.15, -0.1) is 0 Å². The molecule has 1 saturated carbocycles. The van der Waals surface area contributed by atoms with Gasteiger partial charge in [0.2, 0.25) is 0 Å². The second-order valence-electron chi connectivity index (χ2n) is 7.04. The molecule has 1 aromatic heterocycles. The van der Waals surface area contributed by atoms with Gasteiger partial charge in [0.25, 0.3) is 5.91 Å². The van der Waals surface area contributed by atoms with Crippen LogP contribution in [0.15, 0.2) is 48.7 Å². The van der Waals surface area contributed by atoms with Crippen molar-refractivity contribution < 1.29 is 13.9 Å². The number of carbonyl (C=O) groups excluding carboxylic acids is 1. The summed E-state index contributed by atoms with van der Waals surface area (Å²) < 4.78 is 19.0. The maximum Gasteiger partial charge on any atom is 0.258 e. The minimum atomic E-state index is -0.480. The fourth-order valence-corrected chi connectivity index (χ4v) is 3.67. The van der Waals surface area contributed by atoms with Gasteiger partial charge in [0.15, 0.2) is 18.2 Å². The van der Waals surface area contributed by atoms with Gasteiger partial charge in [0.1, 0.15) is 0 Å². The molecule has 1 aliphatic rings. The van der Waals surface area contributed by atoms with Crippen molar-refractivity contribution in [1.82, 2.24) is 10.3 Å². The number of rotatable bonds is 7. The van der Waals surface area contributed by atoms with Crippen LogP contribution >= 0.6 is 0 Å². The molecule has 3 N–H and O–H groups in total. The van der Waals surface area contributed by atoms with Crippen LogP contribution < -0.4 is 15.8 Å². The Morgan fingerprint density at radius 3 is 2.59 bits per heavy atom. The molecule has 3 rings (SSSR count). The molecule has 0 saturated heterocycles. The lowest BCUT2D eigenvalue weighted by Gasteiger charge is -2.33. The van der Waals surface area contributed by atoms with Crippen molar-refractivity contribution in [1.29, 1.82) is 0 Å². The summed E-state index contributed by atoms with van der Waals surface area (Å²) in [5, 5.41) is 3.05. The minimum absolute atomic E-state index is 0.0745. The topological polar surface area (TPSA) is 77.2 Å². The molecule has 5 nitrogen and oxygen atoms in total. The first-order valence-electron chi connectivity index (χ1n) is 9.45. The highest BCUT2D eigenvalue weighted by Crippen LogP contribution is 2.36. The summed E-state index contributed by atoms with van der Waals surface area (Å²) in [5.41, 5.74) is 6.64. The van der Waals surface area contributed by atoms with Crippen molar-refractivity contribution in [3.63, 3.8) is 0 Å². The number of para-hydroxylation sites is 1. The van der Waals surface area contributed by atoms with Crippen molar-refractivity contribution in [3.05, 3.63) is 60.2 Å². The monoisotopic (exact) mass is 371 g/mol. The Balaban J connectivity index is 1.64. The SMILES string of the molecule is NCC1CCC([C@@H](NC(=O)COc2ccccc2F)c2ccccn2)CC1. The van der Waals surface area contributed by atoms with Crippen LogP contribution in [0.4, 0.5) is 4.39 Å². The maximum absolute atomic E-state index is 13.7. The number of ether oxygens (including phenoxy) is 1. The van der Waals surface area contributed by atoms with Gasteiger partial charge >= 0.3 is 0 Å². The first kappa shape index (κ1) is 19.3. The van der Waals surface area contributed by atoms with E-state index in [1.807, 2.05) is 18.2 Å². The predicted molar refractivity (Wildman–Crippen MR) is 102 cm³/mol. The van der Waals surface area contributed by atoms with Crippen LogP contribution in [0.2, 0.25) is 0 Å². The van der Waals surface area contributed by atoms with Gasteiger partial charge in [-0.05, 0) is 68.3 Å². The number of amides is 1. The average molecular weight is 371 g/mol. The summed E-state index contributed by atoms with van der Waals surface area (Å²) in [5.74, 6) is 0.179. The third-order valence-electron chi connectivity index (χ3n) is 5.21. The fraction of sp³-hybridized carbons (Fsp3) is 0.429. The molecular weight excluding hydrogens is 345 g/mol. The number of nitrogens with zero attached hydrogens (tertiary/aromatic N) is 1. The molecule has 2 aromatic rings. The zero-order chi connectivity index (χ0) is 19.1. The third-order valence-corrected chi connectivity index (χ3v) is 5.21. The van der Waals surface area contributed by atoms with Crippen molar-refractivity contribution in [2.45, 2.75) is 31.7 Å². The first-order chi connectivity index (χ1) is 13.2. The smallest absolute Gasteiger partial charge is 0.258 e. The molecular formula is C21H26FN3O2. The highest BCUT2D eigenvalue weighted by Gasteiger charge is 2.30. The van der Waals surface area contributed by atoms with E-state index in [4.69, 9.17) is 10.5 Å². The lowest BCUT2D eigenvalue weighted by Crippen LogP contribution is -2.38. The molecule has 0 spiro atoms. The number of aromatic nitrogens is 1. The van der Waals surface area contributed by atoms with Gasteiger partial charge in [-0.2, -0.15) is 0 Å². The summed E-state index contributed by atoms with van der Waals surface area (Å²) in [7, 11) is 0. The van der Waals surface area contributed by atoms with E-state index in [1.165, 1.54) is 12.1 Å². The normalized spacial score (nSPS) is 20.7. The second-order valence-corrected chi connectivity index (χ2v) is 7.04. The van der Waals surface area contributed by atoms with Crippen molar-refractivity contribution in [2.75, 3.05) is 13.2 Å². The Morgan fingerprint density at radius 1 is 1.19 bits per heavy atom. The molecule has 0 aliphatic heterocycles. The minimum Gasteiger partial charge on any atom is -0.481 e. The molecule has 1 heterocycles. The number of hydrogen-bond acceptors (Lipinski definition) is 4. The lowest BCUT2D eigenvalue weighted by atomic mass is 9.77. The van der Waals surface area contributed by atoms with Crippen molar-refractivity contribution in [3.8, 4) is 5.75 Å². The summed E-state index contributed by atoms with van der Waals surface area (Å²) in [6, 6.07) is 11.6. The molecule has 1 aromatic carbocycles. The number of pyridine rings is 1. The molecule has 0 radical (unpaired) electrons. The Kier molecular flexibility index (Phi) is 6.76. The Hall–Kier alpha value is -2.47. The predicted octanol–water partition coefficient (Wildman–Crippen LogP) is 3.22. The molecule has 1 aliphatic carbocycles. The van der Waals surface area contributed by atoms with Crippen LogP contribution in [-0.4, -0.2) is 24.0 Å². The molecule has 1 amide bonds. The van der Waals surface area contributed by atoms with Crippen molar-refractivity contribution in [2.24, 2.45) is 17.6 Å². The van der Waals surface area contributed by atoms with Crippen LogP contribution in [0.3, 0.4) is 0 Å². The van der Waals surface area contributed by atoms with E-state index in [-0.39, 0.29) is 24.3 Å². The quantitative estimate of drug-likeness (QED) is 0.783. The summed E-state index contributed by atoms with van der Waals surface area (Å²) in [6.07, 6.45) is 5.85. The second kappa shape index (κ2) is 9.46.